The number of carbonyl (C=O) groups is 1. The molecule has 3 aromatic rings. The molecule has 1 saturated heterocycles. The fourth-order valence-electron chi connectivity index (χ4n) is 3.75. The maximum absolute atomic E-state index is 12.9. The molecule has 0 saturated carbocycles. The Kier molecular flexibility index (Phi) is 4.77. The SMILES string of the molecule is Cc1ccc(-c2cc(C(=O)N3C[C@@H](CN)[C@H](c4ccccc4)C3)on2)cc1. The van der Waals surface area contributed by atoms with Crippen LogP contribution >= 0.6 is 0 Å². The average molecular weight is 361 g/mol. The molecule has 1 aromatic heterocycles. The predicted molar refractivity (Wildman–Crippen MR) is 104 cm³/mol. The minimum Gasteiger partial charge on any atom is -0.350 e. The summed E-state index contributed by atoms with van der Waals surface area (Å²) in [6, 6.07) is 20.0. The molecule has 0 radical (unpaired) electrons. The Bertz CT molecular complexity index is 918. The number of hydrogen-bond acceptors (Lipinski definition) is 4. The molecule has 0 aliphatic carbocycles. The summed E-state index contributed by atoms with van der Waals surface area (Å²) >= 11 is 0. The number of benzene rings is 2. The van der Waals surface area contributed by atoms with E-state index >= 15 is 0 Å². The number of hydrogen-bond donors (Lipinski definition) is 1. The third kappa shape index (κ3) is 3.51. The van der Waals surface area contributed by atoms with Crippen molar-refractivity contribution < 1.29 is 9.32 Å². The quantitative estimate of drug-likeness (QED) is 0.772. The lowest BCUT2D eigenvalue weighted by Gasteiger charge is -2.16. The topological polar surface area (TPSA) is 72.4 Å². The second kappa shape index (κ2) is 7.37. The van der Waals surface area contributed by atoms with E-state index in [4.69, 9.17) is 10.3 Å². The van der Waals surface area contributed by atoms with Gasteiger partial charge in [-0.15, -0.1) is 0 Å². The van der Waals surface area contributed by atoms with Crippen molar-refractivity contribution in [3.05, 3.63) is 77.6 Å². The normalized spacial score (nSPS) is 19.4. The highest BCUT2D eigenvalue weighted by molar-refractivity contribution is 5.92. The van der Waals surface area contributed by atoms with Crippen molar-refractivity contribution in [2.24, 2.45) is 11.7 Å². The maximum Gasteiger partial charge on any atom is 0.292 e. The molecule has 5 nitrogen and oxygen atoms in total. The van der Waals surface area contributed by atoms with Gasteiger partial charge in [-0.1, -0.05) is 65.3 Å². The Hall–Kier alpha value is -2.92. The first-order valence-electron chi connectivity index (χ1n) is 9.23. The molecule has 4 rings (SSSR count). The second-order valence-electron chi connectivity index (χ2n) is 7.17. The number of amides is 1. The molecule has 1 aliphatic rings. The van der Waals surface area contributed by atoms with E-state index in [1.807, 2.05) is 54.3 Å². The first kappa shape index (κ1) is 17.5. The summed E-state index contributed by atoms with van der Waals surface area (Å²) in [4.78, 5) is 14.8. The molecule has 1 aliphatic heterocycles. The summed E-state index contributed by atoms with van der Waals surface area (Å²) in [5, 5.41) is 4.08. The molecule has 2 aromatic carbocycles. The van der Waals surface area contributed by atoms with Crippen molar-refractivity contribution in [3.63, 3.8) is 0 Å². The standard InChI is InChI=1S/C22H23N3O2/c1-15-7-9-17(10-8-15)20-11-21(27-24-20)22(26)25-13-18(12-23)19(14-25)16-5-3-2-4-6-16/h2-11,18-19H,12-14,23H2,1H3/t18-,19+/m1/s1. The van der Waals surface area contributed by atoms with Gasteiger partial charge in [-0.05, 0) is 24.9 Å². The minimum absolute atomic E-state index is 0.127. The Balaban J connectivity index is 1.52. The van der Waals surface area contributed by atoms with Crippen molar-refractivity contribution in [3.8, 4) is 11.3 Å². The molecule has 1 fully saturated rings. The number of nitrogens with two attached hydrogens (primary N) is 1. The van der Waals surface area contributed by atoms with Crippen LogP contribution in [0.4, 0.5) is 0 Å². The van der Waals surface area contributed by atoms with Crippen molar-refractivity contribution in [2.75, 3.05) is 19.6 Å². The van der Waals surface area contributed by atoms with Gasteiger partial charge in [0, 0.05) is 30.6 Å². The first-order valence-corrected chi connectivity index (χ1v) is 9.23. The van der Waals surface area contributed by atoms with Crippen molar-refractivity contribution in [2.45, 2.75) is 12.8 Å². The molecule has 2 N–H and O–H groups in total. The Morgan fingerprint density at radius 1 is 1.15 bits per heavy atom. The van der Waals surface area contributed by atoms with E-state index in [1.165, 1.54) is 11.1 Å². The Morgan fingerprint density at radius 3 is 2.59 bits per heavy atom. The van der Waals surface area contributed by atoms with Gasteiger partial charge >= 0.3 is 0 Å². The number of carbonyl (C=O) groups excluding carboxylic acids is 1. The first-order chi connectivity index (χ1) is 13.2. The van der Waals surface area contributed by atoms with Crippen LogP contribution in [0, 0.1) is 12.8 Å². The highest BCUT2D eigenvalue weighted by atomic mass is 16.5. The zero-order valence-corrected chi connectivity index (χ0v) is 15.3. The zero-order chi connectivity index (χ0) is 18.8. The van der Waals surface area contributed by atoms with E-state index in [-0.39, 0.29) is 23.5 Å². The molecule has 5 heteroatoms. The third-order valence-corrected chi connectivity index (χ3v) is 5.33. The number of likely N-dealkylation sites (tertiary alicyclic amines) is 1. The van der Waals surface area contributed by atoms with Gasteiger partial charge in [-0.2, -0.15) is 0 Å². The van der Waals surface area contributed by atoms with Crippen LogP contribution in [0.5, 0.6) is 0 Å². The summed E-state index contributed by atoms with van der Waals surface area (Å²) in [5.74, 6) is 0.642. The summed E-state index contributed by atoms with van der Waals surface area (Å²) in [7, 11) is 0. The maximum atomic E-state index is 12.9. The van der Waals surface area contributed by atoms with Crippen LogP contribution in [-0.4, -0.2) is 35.6 Å². The number of aromatic nitrogens is 1. The molecule has 138 valence electrons. The highest BCUT2D eigenvalue weighted by Crippen LogP contribution is 2.33. The molecule has 1 amide bonds. The summed E-state index contributed by atoms with van der Waals surface area (Å²) in [5.41, 5.74) is 9.99. The van der Waals surface area contributed by atoms with Crippen LogP contribution in [0.25, 0.3) is 11.3 Å². The lowest BCUT2D eigenvalue weighted by molar-refractivity contribution is 0.0745. The fourth-order valence-corrected chi connectivity index (χ4v) is 3.75. The van der Waals surface area contributed by atoms with Gasteiger partial charge in [0.2, 0.25) is 5.76 Å². The van der Waals surface area contributed by atoms with Crippen molar-refractivity contribution >= 4 is 5.91 Å². The largest absolute Gasteiger partial charge is 0.350 e. The van der Waals surface area contributed by atoms with E-state index in [1.54, 1.807) is 6.07 Å². The lowest BCUT2D eigenvalue weighted by atomic mass is 9.89. The van der Waals surface area contributed by atoms with E-state index < -0.39 is 0 Å². The third-order valence-electron chi connectivity index (χ3n) is 5.33. The molecular formula is C22H23N3O2. The van der Waals surface area contributed by atoms with Gasteiger partial charge in [0.15, 0.2) is 0 Å². The average Bonchev–Trinajstić information content (AvgIpc) is 3.36. The van der Waals surface area contributed by atoms with E-state index in [9.17, 15) is 4.79 Å². The molecule has 0 bridgehead atoms. The van der Waals surface area contributed by atoms with Gasteiger partial charge in [-0.3, -0.25) is 4.79 Å². The Morgan fingerprint density at radius 2 is 1.89 bits per heavy atom. The minimum atomic E-state index is -0.127. The van der Waals surface area contributed by atoms with Crippen LogP contribution < -0.4 is 5.73 Å². The van der Waals surface area contributed by atoms with E-state index in [2.05, 4.69) is 17.3 Å². The number of nitrogens with zero attached hydrogens (tertiary/aromatic N) is 2. The van der Waals surface area contributed by atoms with Crippen molar-refractivity contribution in [1.82, 2.24) is 10.1 Å². The lowest BCUT2D eigenvalue weighted by Crippen LogP contribution is -2.29. The number of aryl methyl sites for hydroxylation is 1. The smallest absolute Gasteiger partial charge is 0.292 e. The van der Waals surface area contributed by atoms with Crippen molar-refractivity contribution in [1.29, 1.82) is 0 Å². The van der Waals surface area contributed by atoms with Gasteiger partial charge in [0.05, 0.1) is 0 Å². The summed E-state index contributed by atoms with van der Waals surface area (Å²) < 4.78 is 5.36. The van der Waals surface area contributed by atoms with Crippen LogP contribution in [-0.2, 0) is 0 Å². The predicted octanol–water partition coefficient (Wildman–Crippen LogP) is 3.46. The molecule has 2 atom stereocenters. The highest BCUT2D eigenvalue weighted by Gasteiger charge is 2.36. The van der Waals surface area contributed by atoms with Gasteiger partial charge in [0.1, 0.15) is 5.69 Å². The molecular weight excluding hydrogens is 338 g/mol. The molecule has 0 spiro atoms. The number of rotatable bonds is 4. The molecule has 2 heterocycles. The van der Waals surface area contributed by atoms with Gasteiger partial charge in [-0.25, -0.2) is 0 Å². The Labute approximate surface area is 158 Å². The fraction of sp³-hybridized carbons (Fsp3) is 0.273. The van der Waals surface area contributed by atoms with E-state index in [0.29, 0.717) is 25.3 Å². The van der Waals surface area contributed by atoms with Gasteiger partial charge < -0.3 is 15.2 Å². The molecule has 27 heavy (non-hydrogen) atoms. The molecule has 0 unspecified atom stereocenters. The van der Waals surface area contributed by atoms with Crippen LogP contribution in [0.1, 0.15) is 27.6 Å². The summed E-state index contributed by atoms with van der Waals surface area (Å²) in [6.45, 7) is 3.86. The van der Waals surface area contributed by atoms with Crippen LogP contribution in [0.3, 0.4) is 0 Å². The second-order valence-corrected chi connectivity index (χ2v) is 7.17. The van der Waals surface area contributed by atoms with E-state index in [0.717, 1.165) is 5.56 Å². The van der Waals surface area contributed by atoms with Gasteiger partial charge in [0.25, 0.3) is 5.91 Å². The zero-order valence-electron chi connectivity index (χ0n) is 15.3. The van der Waals surface area contributed by atoms with Crippen LogP contribution in [0.15, 0.2) is 65.2 Å². The monoisotopic (exact) mass is 361 g/mol. The summed E-state index contributed by atoms with van der Waals surface area (Å²) in [6.07, 6.45) is 0. The van der Waals surface area contributed by atoms with Crippen LogP contribution in [0.2, 0.25) is 0 Å².